The zero-order chi connectivity index (χ0) is 61.6. The Hall–Kier alpha value is -11.8. The predicted octanol–water partition coefficient (Wildman–Crippen LogP) is 8.80. The molecular formula is C75H39Cu3N16O2+4. The number of fused-ring (bicyclic) bond motifs is 25. The first-order valence-electron chi connectivity index (χ1n) is 30.8. The van der Waals surface area contributed by atoms with E-state index in [1.165, 1.54) is 0 Å². The summed E-state index contributed by atoms with van der Waals surface area (Å²) in [4.78, 5) is 54.2. The topological polar surface area (TPSA) is 171 Å². The van der Waals surface area contributed by atoms with Gasteiger partial charge in [-0.1, -0.05) is 42.5 Å². The Morgan fingerprint density at radius 3 is 0.833 bits per heavy atom. The summed E-state index contributed by atoms with van der Waals surface area (Å²) >= 11 is -4.46. The van der Waals surface area contributed by atoms with Gasteiger partial charge in [0.15, 0.2) is 0 Å². The van der Waals surface area contributed by atoms with Crippen molar-refractivity contribution < 1.29 is 68.8 Å². The van der Waals surface area contributed by atoms with Crippen molar-refractivity contribution in [1.82, 2.24) is 14.3 Å². The molecule has 12 aliphatic heterocycles. The molecule has 0 unspecified atom stereocenters. The summed E-state index contributed by atoms with van der Waals surface area (Å²) in [5.41, 5.74) is 12.8. The van der Waals surface area contributed by atoms with E-state index < -0.39 is 33.4 Å². The van der Waals surface area contributed by atoms with Crippen molar-refractivity contribution in [2.75, 3.05) is 0 Å². The molecule has 0 fully saturated rings. The Labute approximate surface area is 557 Å². The molecule has 0 N–H and O–H groups in total. The molecule has 16 heterocycles. The molecule has 0 saturated heterocycles. The summed E-state index contributed by atoms with van der Waals surface area (Å²) in [7, 11) is 0. The van der Waals surface area contributed by atoms with Gasteiger partial charge in [-0.05, 0) is 10.8 Å². The number of aromatic nitrogens is 4. The van der Waals surface area contributed by atoms with E-state index >= 15 is 0 Å². The summed E-state index contributed by atoms with van der Waals surface area (Å²) in [6.07, 6.45) is 0. The molecule has 0 saturated carbocycles. The van der Waals surface area contributed by atoms with Crippen LogP contribution < -0.4 is 27.1 Å². The number of carbonyl (C=O) groups is 1. The third-order valence-corrected chi connectivity index (χ3v) is 26.8. The zero-order valence-electron chi connectivity index (χ0n) is 49.4. The number of amidine groups is 8. The standard InChI is InChI=1S/2C32H16N8.C11H8O2.3Cu/c2*1-2-10-18-17(9-1)25-33-26(18)38-28-21-13-5-6-14-22(21)30(35-28)40-32-24-16-8-7-15-23(24)31(36-32)39-29-20-12-4-3-11-19(20)27(34-29)37-25;12-11(13)10-7-3-5-8-4-1-2-6-9(8)10;;;/h2*1-16H;1-7H,(H,12,13);;;/q2*-2;;+1;2*+4/p-1. The molecule has 26 rings (SSSR count). The SMILES string of the molecule is O=C([O-])c1cccc2ccccc12.[Cu+].c1ccc2c(c1)C1=Nc3c4ccccc4c4[n]3[Cu]35[n]6c(c7ccccc7c6=NC6=[N+]3C(=N4)c3ccccc36)=NC2=[N+]15.c1ccc2c(c1)C1=Nc3c4ccccc4c4[n]3[Cu]35[n]6c(c7ccccc7c6=NC6=[N+]3C(=N4)c3ccccc36)=NC2=[N+]15. The maximum absolute atomic E-state index is 10.7. The molecule has 0 amide bonds. The summed E-state index contributed by atoms with van der Waals surface area (Å²) < 4.78 is 19.3. The van der Waals surface area contributed by atoms with Crippen molar-refractivity contribution >= 4 is 130 Å². The molecule has 0 atom stereocenters. The van der Waals surface area contributed by atoms with Gasteiger partial charge in [-0.3, -0.25) is 0 Å². The fourth-order valence-corrected chi connectivity index (χ4v) is 24.3. The molecule has 460 valence electrons. The fourth-order valence-electron chi connectivity index (χ4n) is 15.2. The van der Waals surface area contributed by atoms with Crippen LogP contribution in [0.5, 0.6) is 0 Å². The van der Waals surface area contributed by atoms with Gasteiger partial charge in [0.2, 0.25) is 0 Å². The van der Waals surface area contributed by atoms with Gasteiger partial charge >= 0.3 is 487 Å². The molecule has 0 aliphatic carbocycles. The Kier molecular flexibility index (Phi) is 9.43. The number of benzene rings is 10. The van der Waals surface area contributed by atoms with E-state index in [2.05, 4.69) is 223 Å². The van der Waals surface area contributed by atoms with Crippen LogP contribution in [0.15, 0.2) is 277 Å². The first-order valence-corrected chi connectivity index (χ1v) is 34.2. The van der Waals surface area contributed by atoms with Crippen molar-refractivity contribution in [2.24, 2.45) is 39.9 Å². The number of carboxylic acids is 1. The van der Waals surface area contributed by atoms with Crippen LogP contribution in [0.3, 0.4) is 0 Å². The molecule has 12 aliphatic rings. The van der Waals surface area contributed by atoms with Gasteiger partial charge in [0.05, 0.1) is 5.97 Å². The number of aliphatic imine (C=N–C) groups is 4. The van der Waals surface area contributed by atoms with Gasteiger partial charge in [0.25, 0.3) is 0 Å². The second kappa shape index (κ2) is 17.5. The van der Waals surface area contributed by atoms with Crippen LogP contribution >= 0.6 is 0 Å². The monoisotopic (exact) mass is 1380 g/mol. The molecule has 18 nitrogen and oxygen atoms in total. The van der Waals surface area contributed by atoms with E-state index in [-0.39, 0.29) is 22.6 Å². The quantitative estimate of drug-likeness (QED) is 0.150. The second-order valence-corrected chi connectivity index (χ2v) is 29.6. The van der Waals surface area contributed by atoms with Gasteiger partial charge in [-0.2, -0.15) is 0 Å². The first-order chi connectivity index (χ1) is 47.0. The number of nitrogens with zero attached hydrogens (tertiary/aromatic N) is 16. The van der Waals surface area contributed by atoms with Crippen molar-refractivity contribution in [3.63, 3.8) is 0 Å². The molecule has 0 radical (unpaired) electrons. The number of carboxylic acid groups (broad SMARTS) is 1. The summed E-state index contributed by atoms with van der Waals surface area (Å²) in [5.74, 6) is 10.1. The van der Waals surface area contributed by atoms with Crippen molar-refractivity contribution in [3.05, 3.63) is 309 Å². The van der Waals surface area contributed by atoms with Crippen molar-refractivity contribution in [1.29, 1.82) is 0 Å². The fraction of sp³-hybridized carbons (Fsp3) is 0. The van der Waals surface area contributed by atoms with Crippen LogP contribution in [0.4, 0.5) is 23.3 Å². The molecule has 14 aromatic rings. The molecule has 0 bridgehead atoms. The van der Waals surface area contributed by atoms with E-state index in [0.29, 0.717) is 0 Å². The first kappa shape index (κ1) is 51.7. The predicted molar refractivity (Wildman–Crippen MR) is 350 cm³/mol. The molecular weight excluding hydrogens is 1350 g/mol. The number of rotatable bonds is 1. The molecule has 10 aromatic carbocycles. The summed E-state index contributed by atoms with van der Waals surface area (Å²) in [6, 6.07) is 80.8. The van der Waals surface area contributed by atoms with Crippen LogP contribution in [-0.4, -0.2) is 81.4 Å². The number of hydrogen-bond donors (Lipinski definition) is 0. The van der Waals surface area contributed by atoms with E-state index in [1.807, 2.05) is 24.3 Å². The van der Waals surface area contributed by atoms with Gasteiger partial charge in [-0.25, -0.2) is 0 Å². The number of aromatic carboxylic acids is 1. The third kappa shape index (κ3) is 5.67. The average molecular weight is 1390 g/mol. The van der Waals surface area contributed by atoms with Gasteiger partial charge in [-0.15, -0.1) is 0 Å². The minimum atomic E-state index is -2.23. The van der Waals surface area contributed by atoms with Crippen molar-refractivity contribution in [2.45, 2.75) is 0 Å². The zero-order valence-corrected chi connectivity index (χ0v) is 52.2. The van der Waals surface area contributed by atoms with Crippen LogP contribution in [0, 0.1) is 0 Å². The van der Waals surface area contributed by atoms with Crippen molar-refractivity contribution in [3.8, 4) is 0 Å². The van der Waals surface area contributed by atoms with E-state index in [0.717, 1.165) is 190 Å². The molecule has 21 heteroatoms. The second-order valence-electron chi connectivity index (χ2n) is 23.9. The minimum absolute atomic E-state index is 0. The Morgan fingerprint density at radius 2 is 0.531 bits per heavy atom. The maximum atomic E-state index is 10.7. The van der Waals surface area contributed by atoms with Crippen LogP contribution in [0.25, 0.3) is 53.9 Å². The summed E-state index contributed by atoms with van der Waals surface area (Å²) in [6.45, 7) is 0. The Morgan fingerprint density at radius 1 is 0.281 bits per heavy atom. The molecule has 4 aromatic heterocycles. The normalized spacial score (nSPS) is 17.8. The summed E-state index contributed by atoms with van der Waals surface area (Å²) in [5, 5.41) is 21.2. The third-order valence-electron chi connectivity index (χ3n) is 19.1. The van der Waals surface area contributed by atoms with Gasteiger partial charge in [0.1, 0.15) is 0 Å². The van der Waals surface area contributed by atoms with Gasteiger partial charge < -0.3 is 9.90 Å². The van der Waals surface area contributed by atoms with Crippen LogP contribution in [0.2, 0.25) is 0 Å². The van der Waals surface area contributed by atoms with E-state index in [4.69, 9.17) is 39.9 Å². The number of carbonyl (C=O) groups excluding carboxylic acids is 1. The molecule has 2 spiro atoms. The van der Waals surface area contributed by atoms with Crippen LogP contribution in [-0.2, 0) is 44.5 Å². The van der Waals surface area contributed by atoms with E-state index in [9.17, 15) is 9.90 Å². The van der Waals surface area contributed by atoms with Crippen LogP contribution in [0.1, 0.15) is 54.9 Å². The van der Waals surface area contributed by atoms with E-state index in [1.54, 1.807) is 18.2 Å². The average Bonchev–Trinajstić information content (AvgIpc) is 1.46. The van der Waals surface area contributed by atoms with Gasteiger partial charge in [0, 0.05) is 5.56 Å². The number of hydrogen-bond acceptors (Lipinski definition) is 10. The Balaban J connectivity index is 0.000000101. The molecule has 96 heavy (non-hydrogen) atoms. The Bertz CT molecular complexity index is 6190.